The number of carbonyl (C=O) groups is 2. The molecular weight excluding hydrogens is 432 g/mol. The van der Waals surface area contributed by atoms with Crippen LogP contribution in [0, 0.1) is 0 Å². The number of nitrogens with zero attached hydrogens (tertiary/aromatic N) is 3. The number of hydrogen-bond donors (Lipinski definition) is 1. The van der Waals surface area contributed by atoms with Crippen LogP contribution in [0.4, 0.5) is 10.5 Å². The number of ether oxygens (including phenoxy) is 2. The van der Waals surface area contributed by atoms with Crippen molar-refractivity contribution in [1.29, 1.82) is 0 Å². The van der Waals surface area contributed by atoms with E-state index >= 15 is 0 Å². The van der Waals surface area contributed by atoms with Gasteiger partial charge in [0, 0.05) is 49.2 Å². The van der Waals surface area contributed by atoms with Gasteiger partial charge in [-0.15, -0.1) is 0 Å². The number of fused-ring (bicyclic) bond motifs is 1. The molecule has 3 amide bonds. The first-order chi connectivity index (χ1) is 16.6. The summed E-state index contributed by atoms with van der Waals surface area (Å²) in [6.45, 7) is 1.67. The van der Waals surface area contributed by atoms with E-state index in [4.69, 9.17) is 9.47 Å². The topological polar surface area (TPSA) is 76.0 Å². The Morgan fingerprint density at radius 1 is 1.00 bits per heavy atom. The molecule has 176 valence electrons. The second-order valence-corrected chi connectivity index (χ2v) is 8.52. The number of carbonyl (C=O) groups excluding carboxylic acids is 2. The first-order valence-corrected chi connectivity index (χ1v) is 11.4. The van der Waals surface area contributed by atoms with Crippen molar-refractivity contribution in [3.8, 4) is 11.5 Å². The molecule has 2 atom stereocenters. The summed E-state index contributed by atoms with van der Waals surface area (Å²) in [7, 11) is 3.25. The van der Waals surface area contributed by atoms with E-state index in [1.54, 1.807) is 19.1 Å². The first-order valence-electron chi connectivity index (χ1n) is 11.4. The lowest BCUT2D eigenvalue weighted by atomic mass is 9.98. The fourth-order valence-corrected chi connectivity index (χ4v) is 4.90. The summed E-state index contributed by atoms with van der Waals surface area (Å²) in [5.74, 6) is 1.39. The van der Waals surface area contributed by atoms with Crippen LogP contribution in [-0.2, 0) is 11.3 Å². The standard InChI is InChI=1S/C26H28N4O4/c1-33-20-10-11-23(34-2)21(16-20)25-22-9-6-12-28(22)13-14-29(25)26(32)27-18-15-24(31)30(17-18)19-7-4-3-5-8-19/h3-12,16,18,25H,13-15,17H2,1-2H3,(H,27,32). The van der Waals surface area contributed by atoms with Gasteiger partial charge < -0.3 is 29.2 Å². The molecule has 3 aromatic rings. The Bertz CT molecular complexity index is 1190. The Kier molecular flexibility index (Phi) is 5.88. The molecule has 8 nitrogen and oxygen atoms in total. The molecule has 3 heterocycles. The Morgan fingerprint density at radius 3 is 2.59 bits per heavy atom. The second kappa shape index (κ2) is 9.13. The van der Waals surface area contributed by atoms with Gasteiger partial charge in [0.25, 0.3) is 0 Å². The minimum Gasteiger partial charge on any atom is -0.497 e. The Labute approximate surface area is 198 Å². The lowest BCUT2D eigenvalue weighted by Crippen LogP contribution is -2.50. The van der Waals surface area contributed by atoms with Gasteiger partial charge in [-0.3, -0.25) is 4.79 Å². The highest BCUT2D eigenvalue weighted by atomic mass is 16.5. The average Bonchev–Trinajstić information content (AvgIpc) is 3.49. The minimum atomic E-state index is -0.351. The quantitative estimate of drug-likeness (QED) is 0.633. The predicted molar refractivity (Wildman–Crippen MR) is 128 cm³/mol. The van der Waals surface area contributed by atoms with Gasteiger partial charge in [0.15, 0.2) is 0 Å². The number of hydrogen-bond acceptors (Lipinski definition) is 4. The van der Waals surface area contributed by atoms with Crippen molar-refractivity contribution < 1.29 is 19.1 Å². The van der Waals surface area contributed by atoms with E-state index in [1.165, 1.54) is 0 Å². The van der Waals surface area contributed by atoms with Crippen LogP contribution in [0.3, 0.4) is 0 Å². The van der Waals surface area contributed by atoms with Crippen LogP contribution in [0.15, 0.2) is 66.9 Å². The smallest absolute Gasteiger partial charge is 0.318 e. The average molecular weight is 461 g/mol. The first kappa shape index (κ1) is 21.9. The number of methoxy groups -OCH3 is 2. The third kappa shape index (κ3) is 3.96. The van der Waals surface area contributed by atoms with E-state index in [9.17, 15) is 9.59 Å². The summed E-state index contributed by atoms with van der Waals surface area (Å²) < 4.78 is 13.3. The van der Waals surface area contributed by atoms with E-state index < -0.39 is 0 Å². The summed E-state index contributed by atoms with van der Waals surface area (Å²) in [6, 6.07) is 18.4. The van der Waals surface area contributed by atoms with Crippen molar-refractivity contribution in [2.75, 3.05) is 32.2 Å². The maximum Gasteiger partial charge on any atom is 0.318 e. The summed E-state index contributed by atoms with van der Waals surface area (Å²) in [4.78, 5) is 29.8. The van der Waals surface area contributed by atoms with E-state index in [-0.39, 0.29) is 30.4 Å². The van der Waals surface area contributed by atoms with Crippen LogP contribution in [0.5, 0.6) is 11.5 Å². The third-order valence-electron chi connectivity index (χ3n) is 6.55. The van der Waals surface area contributed by atoms with E-state index in [0.29, 0.717) is 31.1 Å². The summed E-state index contributed by atoms with van der Waals surface area (Å²) >= 11 is 0. The number of benzene rings is 2. The van der Waals surface area contributed by atoms with Gasteiger partial charge in [-0.05, 0) is 42.5 Å². The lowest BCUT2D eigenvalue weighted by Gasteiger charge is -2.38. The number of aromatic nitrogens is 1. The normalized spacial score (nSPS) is 19.6. The highest BCUT2D eigenvalue weighted by Gasteiger charge is 2.37. The molecule has 1 saturated heterocycles. The zero-order chi connectivity index (χ0) is 23.7. The zero-order valence-corrected chi connectivity index (χ0v) is 19.3. The van der Waals surface area contributed by atoms with Gasteiger partial charge in [0.1, 0.15) is 17.5 Å². The minimum absolute atomic E-state index is 0.00929. The molecular formula is C26H28N4O4. The van der Waals surface area contributed by atoms with Crippen LogP contribution in [0.25, 0.3) is 0 Å². The summed E-state index contributed by atoms with van der Waals surface area (Å²) in [6.07, 6.45) is 2.30. The SMILES string of the molecule is COc1ccc(OC)c(C2c3cccn3CCN2C(=O)NC2CC(=O)N(c3ccccc3)C2)c1. The molecule has 2 unspecified atom stereocenters. The molecule has 0 bridgehead atoms. The predicted octanol–water partition coefficient (Wildman–Crippen LogP) is 3.43. The van der Waals surface area contributed by atoms with Crippen molar-refractivity contribution in [2.24, 2.45) is 0 Å². The van der Waals surface area contributed by atoms with Gasteiger partial charge in [0.05, 0.1) is 20.3 Å². The third-order valence-corrected chi connectivity index (χ3v) is 6.55. The summed E-state index contributed by atoms with van der Waals surface area (Å²) in [5, 5.41) is 3.11. The van der Waals surface area contributed by atoms with E-state index in [1.807, 2.05) is 71.8 Å². The molecule has 0 aliphatic carbocycles. The van der Waals surface area contributed by atoms with Crippen LogP contribution < -0.4 is 19.7 Å². The number of rotatable bonds is 5. The molecule has 0 spiro atoms. The van der Waals surface area contributed by atoms with Crippen LogP contribution >= 0.6 is 0 Å². The van der Waals surface area contributed by atoms with Gasteiger partial charge in [-0.2, -0.15) is 0 Å². The van der Waals surface area contributed by atoms with Gasteiger partial charge >= 0.3 is 6.03 Å². The molecule has 1 fully saturated rings. The number of para-hydroxylation sites is 1. The van der Waals surface area contributed by atoms with Crippen LogP contribution in [0.2, 0.25) is 0 Å². The fraction of sp³-hybridized carbons (Fsp3) is 0.308. The van der Waals surface area contributed by atoms with Crippen molar-refractivity contribution in [1.82, 2.24) is 14.8 Å². The molecule has 0 saturated carbocycles. The van der Waals surface area contributed by atoms with Crippen molar-refractivity contribution in [3.05, 3.63) is 78.1 Å². The number of anilines is 1. The molecule has 0 radical (unpaired) electrons. The molecule has 1 aromatic heterocycles. The van der Waals surface area contributed by atoms with Crippen molar-refractivity contribution in [3.63, 3.8) is 0 Å². The van der Waals surface area contributed by atoms with Crippen LogP contribution in [0.1, 0.15) is 23.7 Å². The van der Waals surface area contributed by atoms with Gasteiger partial charge in [-0.25, -0.2) is 4.79 Å². The maximum absolute atomic E-state index is 13.6. The number of nitrogens with one attached hydrogen (secondary N) is 1. The van der Waals surface area contributed by atoms with Crippen molar-refractivity contribution >= 4 is 17.6 Å². The largest absolute Gasteiger partial charge is 0.497 e. The fourth-order valence-electron chi connectivity index (χ4n) is 4.90. The molecule has 2 aliphatic heterocycles. The Balaban J connectivity index is 1.41. The van der Waals surface area contributed by atoms with Crippen molar-refractivity contribution in [2.45, 2.75) is 25.0 Å². The van der Waals surface area contributed by atoms with E-state index in [2.05, 4.69) is 9.88 Å². The highest BCUT2D eigenvalue weighted by Crippen LogP contribution is 2.39. The Hall–Kier alpha value is -3.94. The number of urea groups is 1. The second-order valence-electron chi connectivity index (χ2n) is 8.52. The highest BCUT2D eigenvalue weighted by molar-refractivity contribution is 5.96. The lowest BCUT2D eigenvalue weighted by molar-refractivity contribution is -0.117. The maximum atomic E-state index is 13.6. The molecule has 8 heteroatoms. The van der Waals surface area contributed by atoms with E-state index in [0.717, 1.165) is 16.9 Å². The molecule has 2 aromatic carbocycles. The molecule has 2 aliphatic rings. The van der Waals surface area contributed by atoms with Gasteiger partial charge in [0.2, 0.25) is 5.91 Å². The Morgan fingerprint density at radius 2 is 1.82 bits per heavy atom. The van der Waals surface area contributed by atoms with Crippen LogP contribution in [-0.4, -0.2) is 54.8 Å². The monoisotopic (exact) mass is 460 g/mol. The van der Waals surface area contributed by atoms with Gasteiger partial charge in [-0.1, -0.05) is 18.2 Å². The molecule has 1 N–H and O–H groups in total. The summed E-state index contributed by atoms with van der Waals surface area (Å²) in [5.41, 5.74) is 2.70. The zero-order valence-electron chi connectivity index (χ0n) is 19.3. The molecule has 34 heavy (non-hydrogen) atoms. The number of amides is 3. The molecule has 5 rings (SSSR count).